The molecular formula is C29H36N2O. The lowest BCUT2D eigenvalue weighted by Gasteiger charge is -2.40. The van der Waals surface area contributed by atoms with Gasteiger partial charge in [-0.3, -0.25) is 9.80 Å². The molecule has 0 N–H and O–H groups in total. The van der Waals surface area contributed by atoms with Crippen LogP contribution in [0.5, 0.6) is 0 Å². The Morgan fingerprint density at radius 3 is 1.94 bits per heavy atom. The van der Waals surface area contributed by atoms with Crippen LogP contribution in [-0.4, -0.2) is 49.6 Å². The second kappa shape index (κ2) is 10.8. The van der Waals surface area contributed by atoms with Crippen molar-refractivity contribution in [2.24, 2.45) is 5.92 Å². The summed E-state index contributed by atoms with van der Waals surface area (Å²) in [5, 5.41) is 0. The molecule has 0 amide bonds. The van der Waals surface area contributed by atoms with Crippen molar-refractivity contribution in [2.75, 3.05) is 39.8 Å². The van der Waals surface area contributed by atoms with E-state index >= 15 is 0 Å². The van der Waals surface area contributed by atoms with E-state index in [2.05, 4.69) is 103 Å². The highest BCUT2D eigenvalue weighted by Gasteiger charge is 2.26. The lowest BCUT2D eigenvalue weighted by Crippen LogP contribution is -2.48. The van der Waals surface area contributed by atoms with E-state index in [1.54, 1.807) is 7.11 Å². The van der Waals surface area contributed by atoms with Crippen molar-refractivity contribution >= 4 is 0 Å². The molecule has 0 saturated carbocycles. The van der Waals surface area contributed by atoms with Gasteiger partial charge in [0, 0.05) is 39.1 Å². The van der Waals surface area contributed by atoms with E-state index in [1.807, 2.05) is 0 Å². The molecule has 2 aromatic rings. The summed E-state index contributed by atoms with van der Waals surface area (Å²) >= 11 is 0. The van der Waals surface area contributed by atoms with E-state index in [9.17, 15) is 0 Å². The van der Waals surface area contributed by atoms with Crippen LogP contribution in [0.3, 0.4) is 0 Å². The van der Waals surface area contributed by atoms with Gasteiger partial charge in [0.1, 0.15) is 0 Å². The van der Waals surface area contributed by atoms with Gasteiger partial charge in [-0.05, 0) is 34.3 Å². The van der Waals surface area contributed by atoms with Crippen LogP contribution in [0.2, 0.25) is 0 Å². The van der Waals surface area contributed by atoms with Crippen molar-refractivity contribution < 1.29 is 4.74 Å². The summed E-state index contributed by atoms with van der Waals surface area (Å²) in [7, 11) is 1.79. The third-order valence-electron chi connectivity index (χ3n) is 6.60. The number of ether oxygens (including phenoxy) is 1. The first kappa shape index (κ1) is 22.6. The number of nitrogens with zero attached hydrogens (tertiary/aromatic N) is 2. The SMILES string of the molecule is COC1=CC(C(C)C)=CC=C(CN2CCN(C(c3ccccc3)c3ccccc3)CC2)C1. The summed E-state index contributed by atoms with van der Waals surface area (Å²) in [6.45, 7) is 9.80. The summed E-state index contributed by atoms with van der Waals surface area (Å²) in [4.78, 5) is 5.23. The van der Waals surface area contributed by atoms with Gasteiger partial charge in [-0.2, -0.15) is 0 Å². The highest BCUT2D eigenvalue weighted by Crippen LogP contribution is 2.30. The zero-order valence-corrected chi connectivity index (χ0v) is 19.7. The molecule has 3 nitrogen and oxygen atoms in total. The van der Waals surface area contributed by atoms with E-state index in [-0.39, 0.29) is 0 Å². The Labute approximate surface area is 193 Å². The van der Waals surface area contributed by atoms with E-state index in [0.717, 1.165) is 44.9 Å². The maximum atomic E-state index is 5.67. The number of benzene rings is 2. The largest absolute Gasteiger partial charge is 0.501 e. The fourth-order valence-corrected chi connectivity index (χ4v) is 4.73. The first-order valence-corrected chi connectivity index (χ1v) is 11.8. The summed E-state index contributed by atoms with van der Waals surface area (Å²) in [5.41, 5.74) is 5.53. The average Bonchev–Trinajstić information content (AvgIpc) is 3.04. The van der Waals surface area contributed by atoms with Crippen LogP contribution in [0.1, 0.15) is 37.4 Å². The number of methoxy groups -OCH3 is 1. The van der Waals surface area contributed by atoms with E-state index < -0.39 is 0 Å². The van der Waals surface area contributed by atoms with Gasteiger partial charge in [0.15, 0.2) is 0 Å². The Hall–Kier alpha value is -2.62. The molecule has 2 aliphatic rings. The lowest BCUT2D eigenvalue weighted by atomic mass is 9.96. The van der Waals surface area contributed by atoms with Crippen molar-refractivity contribution in [3.05, 3.63) is 107 Å². The maximum absolute atomic E-state index is 5.67. The number of rotatable bonds is 7. The third-order valence-corrected chi connectivity index (χ3v) is 6.60. The van der Waals surface area contributed by atoms with Crippen molar-refractivity contribution in [1.29, 1.82) is 0 Å². The van der Waals surface area contributed by atoms with Crippen molar-refractivity contribution in [1.82, 2.24) is 9.80 Å². The van der Waals surface area contributed by atoms with Crippen LogP contribution in [0.25, 0.3) is 0 Å². The van der Waals surface area contributed by atoms with Crippen LogP contribution < -0.4 is 0 Å². The molecule has 0 aromatic heterocycles. The third kappa shape index (κ3) is 5.59. The molecule has 4 rings (SSSR count). The van der Waals surface area contributed by atoms with Gasteiger partial charge < -0.3 is 4.74 Å². The Morgan fingerprint density at radius 2 is 1.41 bits per heavy atom. The molecule has 1 aliphatic heterocycles. The minimum Gasteiger partial charge on any atom is -0.501 e. The molecule has 0 atom stereocenters. The molecule has 3 heteroatoms. The first-order chi connectivity index (χ1) is 15.6. The van der Waals surface area contributed by atoms with Crippen LogP contribution in [0.4, 0.5) is 0 Å². The molecule has 32 heavy (non-hydrogen) atoms. The molecule has 1 aliphatic carbocycles. The number of hydrogen-bond donors (Lipinski definition) is 0. The van der Waals surface area contributed by atoms with Crippen LogP contribution in [0, 0.1) is 5.92 Å². The molecule has 0 bridgehead atoms. The van der Waals surface area contributed by atoms with Gasteiger partial charge in [-0.15, -0.1) is 0 Å². The minimum absolute atomic E-state index is 0.316. The van der Waals surface area contributed by atoms with Crippen molar-refractivity contribution in [2.45, 2.75) is 26.3 Å². The minimum atomic E-state index is 0.316. The summed E-state index contributed by atoms with van der Waals surface area (Å²) in [6, 6.07) is 22.2. The van der Waals surface area contributed by atoms with Gasteiger partial charge in [0.2, 0.25) is 0 Å². The van der Waals surface area contributed by atoms with Crippen molar-refractivity contribution in [3.63, 3.8) is 0 Å². The van der Waals surface area contributed by atoms with Gasteiger partial charge in [-0.25, -0.2) is 0 Å². The Morgan fingerprint density at radius 1 is 0.812 bits per heavy atom. The summed E-state index contributed by atoms with van der Waals surface area (Å²) in [5.74, 6) is 1.58. The molecule has 1 saturated heterocycles. The zero-order chi connectivity index (χ0) is 22.3. The molecule has 168 valence electrons. The molecule has 0 unspecified atom stereocenters. The second-order valence-electron chi connectivity index (χ2n) is 9.17. The second-order valence-corrected chi connectivity index (χ2v) is 9.17. The number of hydrogen-bond acceptors (Lipinski definition) is 3. The highest BCUT2D eigenvalue weighted by molar-refractivity contribution is 5.35. The summed E-state index contributed by atoms with van der Waals surface area (Å²) < 4.78 is 5.67. The Balaban J connectivity index is 1.44. The monoisotopic (exact) mass is 428 g/mol. The Kier molecular flexibility index (Phi) is 7.62. The highest BCUT2D eigenvalue weighted by atomic mass is 16.5. The van der Waals surface area contributed by atoms with Gasteiger partial charge >= 0.3 is 0 Å². The average molecular weight is 429 g/mol. The predicted octanol–water partition coefficient (Wildman–Crippen LogP) is 5.84. The van der Waals surface area contributed by atoms with Gasteiger partial charge in [0.05, 0.1) is 18.9 Å². The maximum Gasteiger partial charge on any atom is 0.0999 e. The fourth-order valence-electron chi connectivity index (χ4n) is 4.73. The number of allylic oxidation sites excluding steroid dienone is 5. The van der Waals surface area contributed by atoms with Gasteiger partial charge in [-0.1, -0.05) is 86.7 Å². The van der Waals surface area contributed by atoms with E-state index in [1.165, 1.54) is 22.3 Å². The fraction of sp³-hybridized carbons (Fsp3) is 0.379. The zero-order valence-electron chi connectivity index (χ0n) is 19.7. The first-order valence-electron chi connectivity index (χ1n) is 11.8. The predicted molar refractivity (Wildman–Crippen MR) is 133 cm³/mol. The molecule has 0 radical (unpaired) electrons. The molecule has 1 heterocycles. The Bertz CT molecular complexity index is 912. The number of piperazine rings is 1. The van der Waals surface area contributed by atoms with Crippen molar-refractivity contribution in [3.8, 4) is 0 Å². The van der Waals surface area contributed by atoms with Crippen LogP contribution in [0.15, 0.2) is 95.8 Å². The topological polar surface area (TPSA) is 15.7 Å². The van der Waals surface area contributed by atoms with Crippen LogP contribution in [-0.2, 0) is 4.74 Å². The smallest absolute Gasteiger partial charge is 0.0999 e. The van der Waals surface area contributed by atoms with E-state index in [4.69, 9.17) is 4.74 Å². The standard InChI is InChI=1S/C29H36N2O/c1-23(2)27-15-14-24(20-28(21-27)32-3)22-30-16-18-31(19-17-30)29(25-10-6-4-7-11-25)26-12-8-5-9-13-26/h4-15,21,23,29H,16-20,22H2,1-3H3. The molecule has 0 spiro atoms. The quantitative estimate of drug-likeness (QED) is 0.551. The molecular weight excluding hydrogens is 392 g/mol. The summed E-state index contributed by atoms with van der Waals surface area (Å²) in [6.07, 6.45) is 7.72. The normalized spacial score (nSPS) is 18.2. The lowest BCUT2D eigenvalue weighted by molar-refractivity contribution is 0.115. The van der Waals surface area contributed by atoms with E-state index in [0.29, 0.717) is 12.0 Å². The molecule has 2 aromatic carbocycles. The van der Waals surface area contributed by atoms with Crippen LogP contribution >= 0.6 is 0 Å². The van der Waals surface area contributed by atoms with Gasteiger partial charge in [0.25, 0.3) is 0 Å². The molecule has 1 fully saturated rings.